The summed E-state index contributed by atoms with van der Waals surface area (Å²) in [7, 11) is -3.53. The van der Waals surface area contributed by atoms with Crippen LogP contribution in [0, 0.1) is 6.92 Å². The number of nitrogen functional groups attached to an aromatic ring is 1. The van der Waals surface area contributed by atoms with Crippen molar-refractivity contribution < 1.29 is 8.42 Å². The summed E-state index contributed by atoms with van der Waals surface area (Å²) in [5.41, 5.74) is 6.71. The molecule has 10 nitrogen and oxygen atoms in total. The van der Waals surface area contributed by atoms with Gasteiger partial charge in [-0.25, -0.2) is 23.4 Å². The first-order chi connectivity index (χ1) is 13.1. The van der Waals surface area contributed by atoms with Gasteiger partial charge in [-0.3, -0.25) is 4.72 Å². The zero-order chi connectivity index (χ0) is 20.5. The summed E-state index contributed by atoms with van der Waals surface area (Å²) < 4.78 is 25.3. The molecule has 0 amide bonds. The van der Waals surface area contributed by atoms with Crippen LogP contribution in [0.2, 0.25) is 10.2 Å². The first-order valence-electron chi connectivity index (χ1n) is 7.65. The third-order valence-corrected chi connectivity index (χ3v) is 4.36. The van der Waals surface area contributed by atoms with Crippen LogP contribution in [-0.2, 0) is 10.0 Å². The first kappa shape index (κ1) is 20.0. The van der Waals surface area contributed by atoms with Crippen LogP contribution < -0.4 is 15.8 Å². The van der Waals surface area contributed by atoms with Gasteiger partial charge in [-0.15, -0.1) is 0 Å². The molecular formula is C15H14Cl2N8O2S. The molecule has 3 aromatic heterocycles. The third kappa shape index (κ3) is 4.94. The highest BCUT2D eigenvalue weighted by atomic mass is 35.5. The number of aryl methyl sites for hydroxylation is 1. The Kier molecular flexibility index (Phi) is 5.49. The number of pyridine rings is 2. The number of nitrogens with one attached hydrogen (secondary N) is 2. The standard InChI is InChI=1S/C15H14Cl2N8O2S/c1-7-21-14(24-15(18)22-7)10-3-8(16)5-20-13(10)23-9-4-11(12(17)19-6-9)25-28(2,26)27/h3-6,25H,1-2H3,(H,20,23)(H2,18,21,22,24). The maximum atomic E-state index is 11.5. The Labute approximate surface area is 170 Å². The van der Waals surface area contributed by atoms with E-state index in [0.29, 0.717) is 27.9 Å². The van der Waals surface area contributed by atoms with Gasteiger partial charge in [-0.05, 0) is 19.1 Å². The fourth-order valence-electron chi connectivity index (χ4n) is 2.26. The normalized spacial score (nSPS) is 11.3. The second-order valence-electron chi connectivity index (χ2n) is 5.68. The molecule has 0 saturated carbocycles. The molecule has 146 valence electrons. The van der Waals surface area contributed by atoms with E-state index >= 15 is 0 Å². The van der Waals surface area contributed by atoms with Crippen molar-refractivity contribution in [2.75, 3.05) is 22.0 Å². The molecule has 3 rings (SSSR count). The number of halogens is 2. The van der Waals surface area contributed by atoms with Gasteiger partial charge in [0.1, 0.15) is 11.6 Å². The van der Waals surface area contributed by atoms with E-state index < -0.39 is 10.0 Å². The lowest BCUT2D eigenvalue weighted by atomic mass is 10.2. The van der Waals surface area contributed by atoms with Crippen LogP contribution in [0.15, 0.2) is 24.5 Å². The van der Waals surface area contributed by atoms with Gasteiger partial charge in [0.2, 0.25) is 16.0 Å². The van der Waals surface area contributed by atoms with Crippen LogP contribution in [0.3, 0.4) is 0 Å². The molecule has 0 aliphatic rings. The molecular weight excluding hydrogens is 427 g/mol. The Morgan fingerprint density at radius 1 is 1.07 bits per heavy atom. The Morgan fingerprint density at radius 3 is 2.50 bits per heavy atom. The topological polar surface area (TPSA) is 149 Å². The molecule has 0 aliphatic carbocycles. The molecule has 0 aliphatic heterocycles. The smallest absolute Gasteiger partial charge is 0.229 e. The molecule has 0 bridgehead atoms. The van der Waals surface area contributed by atoms with Crippen LogP contribution in [-0.4, -0.2) is 39.6 Å². The minimum Gasteiger partial charge on any atom is -0.368 e. The van der Waals surface area contributed by atoms with Gasteiger partial charge in [0.25, 0.3) is 0 Å². The number of hydrogen-bond donors (Lipinski definition) is 3. The number of hydrogen-bond acceptors (Lipinski definition) is 9. The number of nitrogens with zero attached hydrogens (tertiary/aromatic N) is 5. The van der Waals surface area contributed by atoms with Crippen molar-refractivity contribution in [3.8, 4) is 11.4 Å². The second-order valence-corrected chi connectivity index (χ2v) is 8.22. The average molecular weight is 441 g/mol. The van der Waals surface area contributed by atoms with Crippen LogP contribution in [0.5, 0.6) is 0 Å². The van der Waals surface area contributed by atoms with Crippen LogP contribution in [0.25, 0.3) is 11.4 Å². The molecule has 0 fully saturated rings. The Balaban J connectivity index is 2.03. The van der Waals surface area contributed by atoms with E-state index in [4.69, 9.17) is 28.9 Å². The zero-order valence-electron chi connectivity index (χ0n) is 14.6. The van der Waals surface area contributed by atoms with Crippen LogP contribution in [0.1, 0.15) is 5.82 Å². The van der Waals surface area contributed by atoms with Gasteiger partial charge in [0.15, 0.2) is 11.0 Å². The monoisotopic (exact) mass is 440 g/mol. The Hall–Kier alpha value is -2.76. The molecule has 4 N–H and O–H groups in total. The van der Waals surface area contributed by atoms with Gasteiger partial charge in [0.05, 0.1) is 34.4 Å². The summed E-state index contributed by atoms with van der Waals surface area (Å²) in [6.07, 6.45) is 3.86. The maximum absolute atomic E-state index is 11.5. The summed E-state index contributed by atoms with van der Waals surface area (Å²) in [5.74, 6) is 1.12. The molecule has 0 unspecified atom stereocenters. The second kappa shape index (κ2) is 7.70. The lowest BCUT2D eigenvalue weighted by Gasteiger charge is -2.13. The third-order valence-electron chi connectivity index (χ3n) is 3.26. The lowest BCUT2D eigenvalue weighted by molar-refractivity contribution is 0.607. The largest absolute Gasteiger partial charge is 0.368 e. The van der Waals surface area contributed by atoms with E-state index in [2.05, 4.69) is 35.0 Å². The molecule has 0 radical (unpaired) electrons. The molecule has 0 saturated heterocycles. The van der Waals surface area contributed by atoms with Crippen LogP contribution in [0.4, 0.5) is 23.1 Å². The van der Waals surface area contributed by atoms with Crippen molar-refractivity contribution in [1.82, 2.24) is 24.9 Å². The van der Waals surface area contributed by atoms with Gasteiger partial charge in [0, 0.05) is 6.20 Å². The summed E-state index contributed by atoms with van der Waals surface area (Å²) >= 11 is 12.0. The fourth-order valence-corrected chi connectivity index (χ4v) is 3.18. The van der Waals surface area contributed by atoms with E-state index in [1.54, 1.807) is 13.0 Å². The highest BCUT2D eigenvalue weighted by Gasteiger charge is 2.14. The van der Waals surface area contributed by atoms with E-state index in [1.165, 1.54) is 18.5 Å². The molecule has 3 aromatic rings. The predicted molar refractivity (Wildman–Crippen MR) is 108 cm³/mol. The van der Waals surface area contributed by atoms with E-state index in [-0.39, 0.29) is 22.6 Å². The van der Waals surface area contributed by atoms with Crippen molar-refractivity contribution in [3.05, 3.63) is 40.5 Å². The van der Waals surface area contributed by atoms with Crippen molar-refractivity contribution >= 4 is 56.4 Å². The molecule has 28 heavy (non-hydrogen) atoms. The van der Waals surface area contributed by atoms with E-state index in [1.807, 2.05) is 0 Å². The highest BCUT2D eigenvalue weighted by molar-refractivity contribution is 7.92. The summed E-state index contributed by atoms with van der Waals surface area (Å²) in [6, 6.07) is 3.09. The molecule has 0 spiro atoms. The van der Waals surface area contributed by atoms with Crippen molar-refractivity contribution in [1.29, 1.82) is 0 Å². The van der Waals surface area contributed by atoms with Crippen molar-refractivity contribution in [2.45, 2.75) is 6.92 Å². The first-order valence-corrected chi connectivity index (χ1v) is 10.3. The minimum absolute atomic E-state index is 0.00105. The number of sulfonamides is 1. The Bertz CT molecular complexity index is 1140. The zero-order valence-corrected chi connectivity index (χ0v) is 16.9. The summed E-state index contributed by atoms with van der Waals surface area (Å²) in [4.78, 5) is 20.5. The summed E-state index contributed by atoms with van der Waals surface area (Å²) in [5, 5.41) is 3.39. The lowest BCUT2D eigenvalue weighted by Crippen LogP contribution is -2.10. The summed E-state index contributed by atoms with van der Waals surface area (Å²) in [6.45, 7) is 1.68. The van der Waals surface area contributed by atoms with Gasteiger partial charge >= 0.3 is 0 Å². The molecule has 0 aromatic carbocycles. The predicted octanol–water partition coefficient (Wildman–Crippen LogP) is 2.64. The van der Waals surface area contributed by atoms with Crippen molar-refractivity contribution in [2.24, 2.45) is 0 Å². The number of aromatic nitrogens is 5. The van der Waals surface area contributed by atoms with Gasteiger partial charge < -0.3 is 11.1 Å². The highest BCUT2D eigenvalue weighted by Crippen LogP contribution is 2.31. The minimum atomic E-state index is -3.53. The van der Waals surface area contributed by atoms with Gasteiger partial charge in [-0.2, -0.15) is 9.97 Å². The molecule has 0 atom stereocenters. The average Bonchev–Trinajstić information content (AvgIpc) is 2.57. The van der Waals surface area contributed by atoms with Crippen LogP contribution >= 0.6 is 23.2 Å². The van der Waals surface area contributed by atoms with E-state index in [0.717, 1.165) is 6.26 Å². The quantitative estimate of drug-likeness (QED) is 0.508. The molecule has 3 heterocycles. The van der Waals surface area contributed by atoms with Gasteiger partial charge in [-0.1, -0.05) is 23.2 Å². The van der Waals surface area contributed by atoms with Crippen molar-refractivity contribution in [3.63, 3.8) is 0 Å². The SMILES string of the molecule is Cc1nc(N)nc(-c2cc(Cl)cnc2Nc2cnc(Cl)c(NS(C)(=O)=O)c2)n1. The number of rotatable bonds is 5. The Morgan fingerprint density at radius 2 is 1.82 bits per heavy atom. The molecule has 13 heteroatoms. The number of nitrogens with two attached hydrogens (primary N) is 1. The fraction of sp³-hybridized carbons (Fsp3) is 0.133. The number of anilines is 4. The van der Waals surface area contributed by atoms with E-state index in [9.17, 15) is 8.42 Å². The maximum Gasteiger partial charge on any atom is 0.229 e.